The van der Waals surface area contributed by atoms with Crippen molar-refractivity contribution < 1.29 is 0 Å². The molecule has 10 rings (SSSR count). The Labute approximate surface area is 258 Å². The highest BCUT2D eigenvalue weighted by atomic mass is 15.1. The number of rotatable bonds is 2. The Morgan fingerprint density at radius 1 is 0.422 bits per heavy atom. The molecule has 3 heteroatoms. The van der Waals surface area contributed by atoms with Crippen LogP contribution in [0, 0.1) is 0 Å². The zero-order chi connectivity index (χ0) is 29.5. The highest BCUT2D eigenvalue weighted by Gasteiger charge is 2.18. The average molecular weight is 572 g/mol. The van der Waals surface area contributed by atoms with Gasteiger partial charge in [-0.05, 0) is 87.9 Å². The number of fused-ring (bicyclic) bond motifs is 7. The fourth-order valence-electron chi connectivity index (χ4n) is 7.54. The standard InChI is InChI=1S/C42H25N3/c1-4-14-30-29(13-1)33(20-21-34(30)39-25-45-23-9-22-43-42(45)44-39)38-24-26-10-7-17-35-31-15-5-2-11-27(31)28-12-3-6-16-32(28)36-18-8-19-37(38)41(36)40(26)35/h1-25H. The topological polar surface area (TPSA) is 30.2 Å². The van der Waals surface area contributed by atoms with E-state index in [0.29, 0.717) is 5.78 Å². The van der Waals surface area contributed by atoms with Crippen LogP contribution in [0.2, 0.25) is 0 Å². The molecule has 10 aromatic rings. The third-order valence-corrected chi connectivity index (χ3v) is 9.45. The lowest BCUT2D eigenvalue weighted by Crippen LogP contribution is -1.91. The Hall–Kier alpha value is -6.06. The molecular weight excluding hydrogens is 546 g/mol. The van der Waals surface area contributed by atoms with E-state index < -0.39 is 0 Å². The molecule has 2 aromatic heterocycles. The zero-order valence-electron chi connectivity index (χ0n) is 24.3. The van der Waals surface area contributed by atoms with Crippen LogP contribution >= 0.6 is 0 Å². The van der Waals surface area contributed by atoms with Gasteiger partial charge in [-0.3, -0.25) is 4.40 Å². The number of hydrogen-bond donors (Lipinski definition) is 0. The molecule has 0 fully saturated rings. The van der Waals surface area contributed by atoms with Crippen molar-refractivity contribution in [1.82, 2.24) is 14.4 Å². The summed E-state index contributed by atoms with van der Waals surface area (Å²) in [7, 11) is 0. The fraction of sp³-hybridized carbons (Fsp3) is 0. The largest absolute Gasteiger partial charge is 0.291 e. The van der Waals surface area contributed by atoms with Gasteiger partial charge in [0, 0.05) is 24.2 Å². The van der Waals surface area contributed by atoms with Gasteiger partial charge in [0.25, 0.3) is 0 Å². The first-order chi connectivity index (χ1) is 22.3. The predicted molar refractivity (Wildman–Crippen MR) is 189 cm³/mol. The van der Waals surface area contributed by atoms with Crippen molar-refractivity contribution in [3.05, 3.63) is 152 Å². The molecule has 208 valence electrons. The van der Waals surface area contributed by atoms with Crippen LogP contribution in [-0.2, 0) is 0 Å². The third-order valence-electron chi connectivity index (χ3n) is 9.45. The zero-order valence-corrected chi connectivity index (χ0v) is 24.3. The lowest BCUT2D eigenvalue weighted by atomic mass is 9.85. The van der Waals surface area contributed by atoms with Gasteiger partial charge in [-0.25, -0.2) is 9.97 Å². The molecule has 2 heterocycles. The summed E-state index contributed by atoms with van der Waals surface area (Å²) in [5, 5.41) is 15.2. The molecule has 0 N–H and O–H groups in total. The van der Waals surface area contributed by atoms with Crippen LogP contribution in [-0.4, -0.2) is 14.4 Å². The maximum absolute atomic E-state index is 4.87. The Morgan fingerprint density at radius 3 is 1.69 bits per heavy atom. The minimum atomic E-state index is 0.702. The third kappa shape index (κ3) is 3.46. The van der Waals surface area contributed by atoms with E-state index in [1.807, 2.05) is 16.7 Å². The van der Waals surface area contributed by atoms with Crippen LogP contribution in [0.15, 0.2) is 152 Å². The van der Waals surface area contributed by atoms with Gasteiger partial charge in [-0.15, -0.1) is 0 Å². The first kappa shape index (κ1) is 24.4. The van der Waals surface area contributed by atoms with Crippen molar-refractivity contribution in [2.24, 2.45) is 0 Å². The SMILES string of the molecule is c1ccc2c(-c3cc4cccc5c6ccccc6c6ccccc6c6cccc3c6c45)ccc(-c3cn4cccnc4n3)c2c1. The Balaban J connectivity index is 1.36. The number of imidazole rings is 1. The van der Waals surface area contributed by atoms with Gasteiger partial charge in [0.2, 0.25) is 5.78 Å². The second-order valence-electron chi connectivity index (χ2n) is 11.8. The molecule has 0 spiro atoms. The molecule has 0 aliphatic rings. The summed E-state index contributed by atoms with van der Waals surface area (Å²) in [5.74, 6) is 0.702. The number of benzene rings is 7. The predicted octanol–water partition coefficient (Wildman–Crippen LogP) is 11.0. The summed E-state index contributed by atoms with van der Waals surface area (Å²) < 4.78 is 1.98. The van der Waals surface area contributed by atoms with Crippen molar-refractivity contribution in [2.45, 2.75) is 0 Å². The van der Waals surface area contributed by atoms with Crippen LogP contribution in [0.1, 0.15) is 0 Å². The molecule has 0 aliphatic carbocycles. The summed E-state index contributed by atoms with van der Waals surface area (Å²) in [6, 6.07) is 48.9. The number of nitrogens with zero attached hydrogens (tertiary/aromatic N) is 3. The van der Waals surface area contributed by atoms with Gasteiger partial charge >= 0.3 is 0 Å². The first-order valence-electron chi connectivity index (χ1n) is 15.3. The molecule has 8 aromatic carbocycles. The summed E-state index contributed by atoms with van der Waals surface area (Å²) in [4.78, 5) is 9.32. The summed E-state index contributed by atoms with van der Waals surface area (Å²) >= 11 is 0. The molecule has 0 atom stereocenters. The Kier molecular flexibility index (Phi) is 5.00. The smallest absolute Gasteiger partial charge is 0.234 e. The molecule has 0 aliphatic heterocycles. The fourth-order valence-corrected chi connectivity index (χ4v) is 7.54. The average Bonchev–Trinajstić information content (AvgIpc) is 3.54. The van der Waals surface area contributed by atoms with E-state index in [1.54, 1.807) is 6.20 Å². The molecular formula is C42H25N3. The Morgan fingerprint density at radius 2 is 0.978 bits per heavy atom. The van der Waals surface area contributed by atoms with Crippen LogP contribution in [0.5, 0.6) is 0 Å². The highest BCUT2D eigenvalue weighted by Crippen LogP contribution is 2.45. The quantitative estimate of drug-likeness (QED) is 0.193. The second-order valence-corrected chi connectivity index (χ2v) is 11.8. The van der Waals surface area contributed by atoms with E-state index in [1.165, 1.54) is 75.8 Å². The lowest BCUT2D eigenvalue weighted by molar-refractivity contribution is 1.11. The minimum Gasteiger partial charge on any atom is -0.291 e. The van der Waals surface area contributed by atoms with Crippen LogP contribution < -0.4 is 0 Å². The van der Waals surface area contributed by atoms with Gasteiger partial charge in [0.05, 0.1) is 5.69 Å². The molecule has 0 saturated carbocycles. The van der Waals surface area contributed by atoms with Crippen LogP contribution in [0.25, 0.3) is 92.8 Å². The Bertz CT molecular complexity index is 2790. The van der Waals surface area contributed by atoms with Gasteiger partial charge in [0.1, 0.15) is 0 Å². The summed E-state index contributed by atoms with van der Waals surface area (Å²) in [5.41, 5.74) is 4.48. The monoisotopic (exact) mass is 571 g/mol. The van der Waals surface area contributed by atoms with Crippen molar-refractivity contribution in [3.63, 3.8) is 0 Å². The van der Waals surface area contributed by atoms with Gasteiger partial charge in [-0.1, -0.05) is 121 Å². The summed E-state index contributed by atoms with van der Waals surface area (Å²) in [6.45, 7) is 0. The van der Waals surface area contributed by atoms with E-state index in [0.717, 1.165) is 11.3 Å². The maximum Gasteiger partial charge on any atom is 0.234 e. The second kappa shape index (κ2) is 9.22. The van der Waals surface area contributed by atoms with E-state index in [2.05, 4.69) is 139 Å². The van der Waals surface area contributed by atoms with Gasteiger partial charge in [0.15, 0.2) is 0 Å². The number of aromatic nitrogens is 3. The molecule has 0 radical (unpaired) electrons. The van der Waals surface area contributed by atoms with Crippen molar-refractivity contribution in [3.8, 4) is 22.4 Å². The van der Waals surface area contributed by atoms with Gasteiger partial charge in [-0.2, -0.15) is 0 Å². The minimum absolute atomic E-state index is 0.702. The van der Waals surface area contributed by atoms with E-state index in [9.17, 15) is 0 Å². The summed E-state index contributed by atoms with van der Waals surface area (Å²) in [6.07, 6.45) is 5.85. The molecule has 0 bridgehead atoms. The van der Waals surface area contributed by atoms with E-state index >= 15 is 0 Å². The van der Waals surface area contributed by atoms with Gasteiger partial charge < -0.3 is 0 Å². The van der Waals surface area contributed by atoms with Crippen molar-refractivity contribution in [2.75, 3.05) is 0 Å². The van der Waals surface area contributed by atoms with E-state index in [-0.39, 0.29) is 0 Å². The molecule has 0 amide bonds. The number of hydrogen-bond acceptors (Lipinski definition) is 2. The molecule has 0 unspecified atom stereocenters. The normalized spacial score (nSPS) is 12.0. The highest BCUT2D eigenvalue weighted by molar-refractivity contribution is 6.34. The first-order valence-corrected chi connectivity index (χ1v) is 15.3. The van der Waals surface area contributed by atoms with Crippen LogP contribution in [0.4, 0.5) is 0 Å². The van der Waals surface area contributed by atoms with Crippen LogP contribution in [0.3, 0.4) is 0 Å². The van der Waals surface area contributed by atoms with Crippen molar-refractivity contribution >= 4 is 70.4 Å². The molecule has 45 heavy (non-hydrogen) atoms. The van der Waals surface area contributed by atoms with E-state index in [4.69, 9.17) is 4.98 Å². The lowest BCUT2D eigenvalue weighted by Gasteiger charge is -2.18. The molecule has 3 nitrogen and oxygen atoms in total. The maximum atomic E-state index is 4.87. The molecule has 0 saturated heterocycles. The van der Waals surface area contributed by atoms with Crippen molar-refractivity contribution in [1.29, 1.82) is 0 Å².